The molecule has 1 N–H and O–H groups in total. The predicted octanol–water partition coefficient (Wildman–Crippen LogP) is 4.63. The van der Waals surface area contributed by atoms with E-state index in [2.05, 4.69) is 21.2 Å². The second-order valence-corrected chi connectivity index (χ2v) is 5.54. The number of anilines is 1. The molecule has 2 aromatic carbocycles. The van der Waals surface area contributed by atoms with Gasteiger partial charge >= 0.3 is 0 Å². The Morgan fingerprint density at radius 3 is 2.71 bits per heavy atom. The van der Waals surface area contributed by atoms with Crippen molar-refractivity contribution >= 4 is 38.9 Å². The molecule has 0 unspecified atom stereocenters. The third-order valence-corrected chi connectivity index (χ3v) is 4.03. The summed E-state index contributed by atoms with van der Waals surface area (Å²) in [5.74, 6) is 0.457. The molecule has 0 saturated heterocycles. The Morgan fingerprint density at radius 1 is 1.33 bits per heavy atom. The van der Waals surface area contributed by atoms with Crippen LogP contribution < -0.4 is 10.1 Å². The second-order valence-electron chi connectivity index (χ2n) is 4.28. The number of nitro benzene ring substituents is 1. The van der Waals surface area contributed by atoms with Crippen LogP contribution in [0.3, 0.4) is 0 Å². The summed E-state index contributed by atoms with van der Waals surface area (Å²) in [5.41, 5.74) is 1.62. The Kier molecular flexibility index (Phi) is 5.03. The quantitative estimate of drug-likeness (QED) is 0.614. The van der Waals surface area contributed by atoms with Crippen molar-refractivity contribution in [3.8, 4) is 5.75 Å². The van der Waals surface area contributed by atoms with Crippen molar-refractivity contribution in [2.75, 3.05) is 12.4 Å². The van der Waals surface area contributed by atoms with Gasteiger partial charge in [0, 0.05) is 22.8 Å². The zero-order chi connectivity index (χ0) is 15.4. The zero-order valence-corrected chi connectivity index (χ0v) is 13.4. The molecule has 0 aliphatic carbocycles. The third kappa shape index (κ3) is 4.09. The molecule has 0 aliphatic heterocycles. The molecule has 0 heterocycles. The first kappa shape index (κ1) is 15.6. The molecule has 7 heteroatoms. The van der Waals surface area contributed by atoms with E-state index in [1.54, 1.807) is 12.1 Å². The first-order valence-electron chi connectivity index (χ1n) is 6.01. The fourth-order valence-electron chi connectivity index (χ4n) is 1.78. The number of hydrogen-bond donors (Lipinski definition) is 1. The summed E-state index contributed by atoms with van der Waals surface area (Å²) in [6, 6.07) is 10.1. The van der Waals surface area contributed by atoms with E-state index in [9.17, 15) is 10.1 Å². The van der Waals surface area contributed by atoms with Gasteiger partial charge in [-0.25, -0.2) is 0 Å². The number of nitrogens with zero attached hydrogens (tertiary/aromatic N) is 1. The minimum Gasteiger partial charge on any atom is -0.496 e. The topological polar surface area (TPSA) is 64.4 Å². The van der Waals surface area contributed by atoms with Crippen LogP contribution in [0.2, 0.25) is 5.02 Å². The molecule has 0 atom stereocenters. The van der Waals surface area contributed by atoms with Gasteiger partial charge in [0.2, 0.25) is 0 Å². The SMILES string of the molecule is COc1cc(CNc2ccc(Cl)c(Br)c2)cc([N+](=O)[O-])c1. The van der Waals surface area contributed by atoms with Gasteiger partial charge in [0.15, 0.2) is 0 Å². The normalized spacial score (nSPS) is 10.2. The smallest absolute Gasteiger partial charge is 0.273 e. The minimum absolute atomic E-state index is 0.00318. The highest BCUT2D eigenvalue weighted by atomic mass is 79.9. The fraction of sp³-hybridized carbons (Fsp3) is 0.143. The van der Waals surface area contributed by atoms with E-state index < -0.39 is 4.92 Å². The summed E-state index contributed by atoms with van der Waals surface area (Å²) in [6.07, 6.45) is 0. The molecule has 0 aromatic heterocycles. The summed E-state index contributed by atoms with van der Waals surface area (Å²) in [5, 5.41) is 14.7. The lowest BCUT2D eigenvalue weighted by Crippen LogP contribution is -2.01. The van der Waals surface area contributed by atoms with E-state index in [-0.39, 0.29) is 5.69 Å². The molecule has 5 nitrogen and oxygen atoms in total. The molecule has 21 heavy (non-hydrogen) atoms. The van der Waals surface area contributed by atoms with Crippen molar-refractivity contribution in [3.63, 3.8) is 0 Å². The lowest BCUT2D eigenvalue weighted by molar-refractivity contribution is -0.385. The maximum absolute atomic E-state index is 10.9. The maximum Gasteiger partial charge on any atom is 0.273 e. The molecule has 0 amide bonds. The standard InChI is InChI=1S/C14H12BrClN2O3/c1-21-12-5-9(4-11(7-12)18(19)20)8-17-10-2-3-14(16)13(15)6-10/h2-7,17H,8H2,1H3. The number of nitro groups is 1. The summed E-state index contributed by atoms with van der Waals surface area (Å²) in [7, 11) is 1.48. The second kappa shape index (κ2) is 6.78. The Hall–Kier alpha value is -1.79. The van der Waals surface area contributed by atoms with Crippen LogP contribution in [0, 0.1) is 10.1 Å². The number of ether oxygens (including phenoxy) is 1. The van der Waals surface area contributed by atoms with Gasteiger partial charge in [-0.05, 0) is 45.8 Å². The van der Waals surface area contributed by atoms with Crippen molar-refractivity contribution < 1.29 is 9.66 Å². The first-order chi connectivity index (χ1) is 9.99. The Labute approximate surface area is 135 Å². The lowest BCUT2D eigenvalue weighted by atomic mass is 10.2. The van der Waals surface area contributed by atoms with Gasteiger partial charge in [-0.2, -0.15) is 0 Å². The van der Waals surface area contributed by atoms with Gasteiger partial charge in [-0.1, -0.05) is 11.6 Å². The zero-order valence-electron chi connectivity index (χ0n) is 11.1. The highest BCUT2D eigenvalue weighted by molar-refractivity contribution is 9.10. The van der Waals surface area contributed by atoms with Gasteiger partial charge in [-0.3, -0.25) is 10.1 Å². The van der Waals surface area contributed by atoms with Gasteiger partial charge in [0.1, 0.15) is 5.75 Å². The summed E-state index contributed by atoms with van der Waals surface area (Å²) in [4.78, 5) is 10.4. The van der Waals surface area contributed by atoms with Crippen molar-refractivity contribution in [1.29, 1.82) is 0 Å². The van der Waals surface area contributed by atoms with E-state index >= 15 is 0 Å². The molecule has 0 bridgehead atoms. The summed E-state index contributed by atoms with van der Waals surface area (Å²) in [6.45, 7) is 0.437. The van der Waals surface area contributed by atoms with Gasteiger partial charge in [-0.15, -0.1) is 0 Å². The van der Waals surface area contributed by atoms with Crippen LogP contribution in [0.4, 0.5) is 11.4 Å². The maximum atomic E-state index is 10.9. The van der Waals surface area contributed by atoms with Crippen LogP contribution in [-0.2, 0) is 6.54 Å². The van der Waals surface area contributed by atoms with E-state index in [1.165, 1.54) is 19.2 Å². The Bertz CT molecular complexity index is 679. The van der Waals surface area contributed by atoms with E-state index in [0.717, 1.165) is 15.7 Å². The Morgan fingerprint density at radius 2 is 2.10 bits per heavy atom. The largest absolute Gasteiger partial charge is 0.496 e. The highest BCUT2D eigenvalue weighted by Gasteiger charge is 2.10. The number of methoxy groups -OCH3 is 1. The fourth-order valence-corrected chi connectivity index (χ4v) is 2.28. The van der Waals surface area contributed by atoms with Crippen molar-refractivity contribution in [2.24, 2.45) is 0 Å². The molecule has 0 saturated carbocycles. The summed E-state index contributed by atoms with van der Waals surface area (Å²) < 4.78 is 5.86. The lowest BCUT2D eigenvalue weighted by Gasteiger charge is -2.09. The molecule has 110 valence electrons. The molecular formula is C14H12BrClN2O3. The van der Waals surface area contributed by atoms with Gasteiger partial charge < -0.3 is 10.1 Å². The number of rotatable bonds is 5. The number of non-ortho nitro benzene ring substituents is 1. The van der Waals surface area contributed by atoms with Crippen LogP contribution in [0.5, 0.6) is 5.75 Å². The van der Waals surface area contributed by atoms with Crippen molar-refractivity contribution in [2.45, 2.75) is 6.54 Å². The van der Waals surface area contributed by atoms with E-state index in [4.69, 9.17) is 16.3 Å². The van der Waals surface area contributed by atoms with Crippen LogP contribution in [-0.4, -0.2) is 12.0 Å². The predicted molar refractivity (Wildman–Crippen MR) is 86.1 cm³/mol. The van der Waals surface area contributed by atoms with E-state index in [1.807, 2.05) is 12.1 Å². The van der Waals surface area contributed by atoms with Crippen LogP contribution in [0.25, 0.3) is 0 Å². The van der Waals surface area contributed by atoms with Crippen LogP contribution >= 0.6 is 27.5 Å². The first-order valence-corrected chi connectivity index (χ1v) is 7.18. The third-order valence-electron chi connectivity index (χ3n) is 2.81. The number of hydrogen-bond acceptors (Lipinski definition) is 4. The van der Waals surface area contributed by atoms with Crippen LogP contribution in [0.15, 0.2) is 40.9 Å². The van der Waals surface area contributed by atoms with Crippen molar-refractivity contribution in [3.05, 3.63) is 61.6 Å². The molecule has 0 radical (unpaired) electrons. The molecule has 0 fully saturated rings. The molecular weight excluding hydrogens is 360 g/mol. The highest BCUT2D eigenvalue weighted by Crippen LogP contribution is 2.27. The number of nitrogens with one attached hydrogen (secondary N) is 1. The minimum atomic E-state index is -0.440. The van der Waals surface area contributed by atoms with Crippen molar-refractivity contribution in [1.82, 2.24) is 0 Å². The number of benzene rings is 2. The molecule has 2 aromatic rings. The number of halogens is 2. The van der Waals surface area contributed by atoms with E-state index in [0.29, 0.717) is 17.3 Å². The summed E-state index contributed by atoms with van der Waals surface area (Å²) >= 11 is 9.27. The van der Waals surface area contributed by atoms with Gasteiger partial charge in [0.25, 0.3) is 5.69 Å². The molecule has 2 rings (SSSR count). The molecule has 0 aliphatic rings. The average molecular weight is 372 g/mol. The molecule has 0 spiro atoms. The van der Waals surface area contributed by atoms with Crippen LogP contribution in [0.1, 0.15) is 5.56 Å². The monoisotopic (exact) mass is 370 g/mol. The van der Waals surface area contributed by atoms with Gasteiger partial charge in [0.05, 0.1) is 23.1 Å². The average Bonchev–Trinajstić information content (AvgIpc) is 2.48. The Balaban J connectivity index is 2.17.